The molecule has 8 heteroatoms. The third-order valence-electron chi connectivity index (χ3n) is 3.35. The summed E-state index contributed by atoms with van der Waals surface area (Å²) in [4.78, 5) is 12.0. The highest BCUT2D eigenvalue weighted by Crippen LogP contribution is 2.27. The van der Waals surface area contributed by atoms with Crippen LogP contribution in [0.5, 0.6) is 0 Å². The van der Waals surface area contributed by atoms with Gasteiger partial charge in [0, 0.05) is 5.69 Å². The van der Waals surface area contributed by atoms with Gasteiger partial charge in [-0.2, -0.15) is 0 Å². The molecule has 0 saturated heterocycles. The standard InChI is InChI=1S/C17H18N4O2S2/c1-11-5-3-6-13(9-11)19-16-20-21-17(25-16)24-10-15(22)18-12(2)14-7-4-8-23-14/h3-9,12H,10H2,1-2H3,(H,18,22)(H,19,20). The van der Waals surface area contributed by atoms with Gasteiger partial charge in [-0.3, -0.25) is 4.79 Å². The molecule has 0 bridgehead atoms. The van der Waals surface area contributed by atoms with Crippen LogP contribution in [0.1, 0.15) is 24.3 Å². The van der Waals surface area contributed by atoms with Crippen molar-refractivity contribution in [2.24, 2.45) is 0 Å². The summed E-state index contributed by atoms with van der Waals surface area (Å²) in [7, 11) is 0. The van der Waals surface area contributed by atoms with Crippen molar-refractivity contribution in [2.45, 2.75) is 24.2 Å². The molecule has 0 radical (unpaired) electrons. The largest absolute Gasteiger partial charge is 0.467 e. The molecule has 2 N–H and O–H groups in total. The Morgan fingerprint density at radius 3 is 2.96 bits per heavy atom. The summed E-state index contributed by atoms with van der Waals surface area (Å²) in [6.45, 7) is 3.92. The highest BCUT2D eigenvalue weighted by atomic mass is 32.2. The Morgan fingerprint density at radius 2 is 2.20 bits per heavy atom. The van der Waals surface area contributed by atoms with Crippen molar-refractivity contribution in [3.05, 3.63) is 54.0 Å². The maximum absolute atomic E-state index is 12.0. The van der Waals surface area contributed by atoms with Crippen LogP contribution in [-0.4, -0.2) is 21.9 Å². The van der Waals surface area contributed by atoms with Crippen molar-refractivity contribution >= 4 is 39.8 Å². The lowest BCUT2D eigenvalue weighted by Crippen LogP contribution is -2.27. The Balaban J connectivity index is 1.49. The number of rotatable bonds is 7. The van der Waals surface area contributed by atoms with Gasteiger partial charge in [0.2, 0.25) is 11.0 Å². The molecule has 2 heterocycles. The van der Waals surface area contributed by atoms with E-state index >= 15 is 0 Å². The van der Waals surface area contributed by atoms with E-state index in [2.05, 4.69) is 20.8 Å². The average molecular weight is 374 g/mol. The fourth-order valence-corrected chi connectivity index (χ4v) is 3.77. The molecule has 6 nitrogen and oxygen atoms in total. The van der Waals surface area contributed by atoms with E-state index in [0.29, 0.717) is 5.13 Å². The summed E-state index contributed by atoms with van der Waals surface area (Å²) < 4.78 is 6.02. The number of aromatic nitrogens is 2. The van der Waals surface area contributed by atoms with Gasteiger partial charge in [-0.1, -0.05) is 35.2 Å². The number of nitrogens with zero attached hydrogens (tertiary/aromatic N) is 2. The lowest BCUT2D eigenvalue weighted by atomic mass is 10.2. The predicted octanol–water partition coefficient (Wildman–Crippen LogP) is 4.15. The number of thioether (sulfide) groups is 1. The molecule has 1 unspecified atom stereocenters. The van der Waals surface area contributed by atoms with E-state index in [-0.39, 0.29) is 17.7 Å². The Bertz CT molecular complexity index is 833. The lowest BCUT2D eigenvalue weighted by Gasteiger charge is -2.10. The minimum atomic E-state index is -0.156. The molecule has 0 spiro atoms. The van der Waals surface area contributed by atoms with E-state index < -0.39 is 0 Å². The summed E-state index contributed by atoms with van der Waals surface area (Å²) in [6.07, 6.45) is 1.59. The molecule has 0 fully saturated rings. The van der Waals surface area contributed by atoms with Crippen LogP contribution in [0.4, 0.5) is 10.8 Å². The van der Waals surface area contributed by atoms with E-state index in [1.54, 1.807) is 12.3 Å². The molecule has 1 aromatic carbocycles. The molecule has 1 atom stereocenters. The third kappa shape index (κ3) is 5.07. The van der Waals surface area contributed by atoms with Crippen molar-refractivity contribution in [3.8, 4) is 0 Å². The SMILES string of the molecule is Cc1cccc(Nc2nnc(SCC(=O)NC(C)c3ccco3)s2)c1. The number of benzene rings is 1. The number of carbonyl (C=O) groups excluding carboxylic acids is 1. The van der Waals surface area contributed by atoms with Crippen LogP contribution in [0.3, 0.4) is 0 Å². The normalized spacial score (nSPS) is 11.9. The highest BCUT2D eigenvalue weighted by molar-refractivity contribution is 8.01. The van der Waals surface area contributed by atoms with Crippen molar-refractivity contribution in [1.82, 2.24) is 15.5 Å². The monoisotopic (exact) mass is 374 g/mol. The minimum absolute atomic E-state index is 0.0720. The summed E-state index contributed by atoms with van der Waals surface area (Å²) in [6, 6.07) is 11.5. The first kappa shape index (κ1) is 17.5. The van der Waals surface area contributed by atoms with Gasteiger partial charge in [0.1, 0.15) is 5.76 Å². The van der Waals surface area contributed by atoms with Crippen LogP contribution in [0, 0.1) is 6.92 Å². The minimum Gasteiger partial charge on any atom is -0.467 e. The summed E-state index contributed by atoms with van der Waals surface area (Å²) in [5.41, 5.74) is 2.14. The van der Waals surface area contributed by atoms with Crippen molar-refractivity contribution in [1.29, 1.82) is 0 Å². The molecule has 2 aromatic heterocycles. The van der Waals surface area contributed by atoms with Gasteiger partial charge >= 0.3 is 0 Å². The maximum Gasteiger partial charge on any atom is 0.231 e. The number of amides is 1. The Labute approximate surface area is 154 Å². The van der Waals surface area contributed by atoms with E-state index in [4.69, 9.17) is 4.42 Å². The number of anilines is 2. The van der Waals surface area contributed by atoms with Crippen molar-refractivity contribution < 1.29 is 9.21 Å². The average Bonchev–Trinajstić information content (AvgIpc) is 3.25. The number of aryl methyl sites for hydroxylation is 1. The van der Waals surface area contributed by atoms with Gasteiger partial charge in [-0.05, 0) is 43.7 Å². The first-order valence-corrected chi connectivity index (χ1v) is 9.53. The van der Waals surface area contributed by atoms with Crippen LogP contribution >= 0.6 is 23.1 Å². The van der Waals surface area contributed by atoms with E-state index in [0.717, 1.165) is 15.8 Å². The molecule has 0 aliphatic heterocycles. The van der Waals surface area contributed by atoms with Crippen LogP contribution in [0.2, 0.25) is 0 Å². The van der Waals surface area contributed by atoms with Crippen LogP contribution in [-0.2, 0) is 4.79 Å². The van der Waals surface area contributed by atoms with Gasteiger partial charge in [-0.15, -0.1) is 10.2 Å². The van der Waals surface area contributed by atoms with Crippen LogP contribution in [0.15, 0.2) is 51.4 Å². The van der Waals surface area contributed by atoms with Gasteiger partial charge in [0.25, 0.3) is 0 Å². The topological polar surface area (TPSA) is 80.0 Å². The molecule has 0 saturated carbocycles. The maximum atomic E-state index is 12.0. The van der Waals surface area contributed by atoms with E-state index in [1.807, 2.05) is 44.2 Å². The molecule has 1 amide bonds. The van der Waals surface area contributed by atoms with E-state index in [1.165, 1.54) is 28.7 Å². The second-order valence-electron chi connectivity index (χ2n) is 5.46. The number of hydrogen-bond donors (Lipinski definition) is 2. The Hall–Kier alpha value is -2.32. The second-order valence-corrected chi connectivity index (χ2v) is 7.66. The molecular formula is C17H18N4O2S2. The zero-order chi connectivity index (χ0) is 17.6. The number of carbonyl (C=O) groups is 1. The van der Waals surface area contributed by atoms with Crippen molar-refractivity contribution in [2.75, 3.05) is 11.1 Å². The van der Waals surface area contributed by atoms with Gasteiger partial charge < -0.3 is 15.1 Å². The molecule has 130 valence electrons. The van der Waals surface area contributed by atoms with Gasteiger partial charge in [-0.25, -0.2) is 0 Å². The summed E-state index contributed by atoms with van der Waals surface area (Å²) >= 11 is 2.79. The van der Waals surface area contributed by atoms with Gasteiger partial charge in [0.05, 0.1) is 18.1 Å². The quantitative estimate of drug-likeness (QED) is 0.605. The molecule has 3 aromatic rings. The zero-order valence-corrected chi connectivity index (χ0v) is 15.5. The van der Waals surface area contributed by atoms with Crippen LogP contribution in [0.25, 0.3) is 0 Å². The molecule has 0 aliphatic carbocycles. The van der Waals surface area contributed by atoms with Gasteiger partial charge in [0.15, 0.2) is 4.34 Å². The fourth-order valence-electron chi connectivity index (χ4n) is 2.18. The first-order chi connectivity index (χ1) is 12.1. The molecule has 3 rings (SSSR count). The highest BCUT2D eigenvalue weighted by Gasteiger charge is 2.13. The number of nitrogens with one attached hydrogen (secondary N) is 2. The number of hydrogen-bond acceptors (Lipinski definition) is 7. The number of furan rings is 1. The molecule has 25 heavy (non-hydrogen) atoms. The second kappa shape index (κ2) is 8.17. The van der Waals surface area contributed by atoms with Crippen molar-refractivity contribution in [3.63, 3.8) is 0 Å². The summed E-state index contributed by atoms with van der Waals surface area (Å²) in [5.74, 6) is 0.945. The zero-order valence-electron chi connectivity index (χ0n) is 13.9. The van der Waals surface area contributed by atoms with Crippen LogP contribution < -0.4 is 10.6 Å². The predicted molar refractivity (Wildman–Crippen MR) is 100 cm³/mol. The Kier molecular flexibility index (Phi) is 5.72. The lowest BCUT2D eigenvalue weighted by molar-refractivity contribution is -0.119. The van der Waals surface area contributed by atoms with E-state index in [9.17, 15) is 4.79 Å². The smallest absolute Gasteiger partial charge is 0.231 e. The molecular weight excluding hydrogens is 356 g/mol. The third-order valence-corrected chi connectivity index (χ3v) is 5.32. The Morgan fingerprint density at radius 1 is 1.32 bits per heavy atom. The summed E-state index contributed by atoms with van der Waals surface area (Å²) in [5, 5.41) is 15.0. The fraction of sp³-hybridized carbons (Fsp3) is 0.235. The molecule has 0 aliphatic rings. The first-order valence-electron chi connectivity index (χ1n) is 7.73.